The van der Waals surface area contributed by atoms with Crippen molar-refractivity contribution in [1.29, 1.82) is 0 Å². The minimum absolute atomic E-state index is 0.112. The molecule has 1 fully saturated rings. The first-order valence-corrected chi connectivity index (χ1v) is 8.80. The van der Waals surface area contributed by atoms with Crippen LogP contribution in [0.25, 0.3) is 0 Å². The molecule has 1 aromatic carbocycles. The van der Waals surface area contributed by atoms with Gasteiger partial charge in [-0.3, -0.25) is 4.79 Å². The van der Waals surface area contributed by atoms with Crippen molar-refractivity contribution in [3.63, 3.8) is 0 Å². The van der Waals surface area contributed by atoms with Crippen LogP contribution in [0.4, 0.5) is 0 Å². The number of hydrogen-bond acceptors (Lipinski definition) is 4. The molecule has 1 saturated heterocycles. The number of methoxy groups -OCH3 is 1. The van der Waals surface area contributed by atoms with E-state index in [9.17, 15) is 4.79 Å². The van der Waals surface area contributed by atoms with Gasteiger partial charge in [0.05, 0.1) is 23.9 Å². The lowest BCUT2D eigenvalue weighted by Gasteiger charge is -2.36. The largest absolute Gasteiger partial charge is 0.497 e. The molecule has 1 aliphatic heterocycles. The summed E-state index contributed by atoms with van der Waals surface area (Å²) in [6.45, 7) is 4.67. The van der Waals surface area contributed by atoms with Crippen molar-refractivity contribution in [2.75, 3.05) is 13.7 Å². The predicted molar refractivity (Wildman–Crippen MR) is 92.2 cm³/mol. The Kier molecular flexibility index (Phi) is 4.66. The van der Waals surface area contributed by atoms with Gasteiger partial charge in [0.1, 0.15) is 10.6 Å². The van der Waals surface area contributed by atoms with Gasteiger partial charge < -0.3 is 9.64 Å². The second-order valence-electron chi connectivity index (χ2n) is 5.93. The lowest BCUT2D eigenvalue weighted by atomic mass is 9.94. The van der Waals surface area contributed by atoms with E-state index in [1.807, 2.05) is 36.9 Å². The van der Waals surface area contributed by atoms with E-state index in [0.717, 1.165) is 52.7 Å². The number of likely N-dealkylation sites (tertiary alicyclic amines) is 1. The molecular weight excluding hydrogens is 308 g/mol. The number of piperidine rings is 1. The summed E-state index contributed by atoms with van der Waals surface area (Å²) in [6.07, 6.45) is 3.20. The molecule has 1 aliphatic rings. The van der Waals surface area contributed by atoms with E-state index in [-0.39, 0.29) is 11.9 Å². The maximum Gasteiger partial charge on any atom is 0.266 e. The number of carbonyl (C=O) groups excluding carboxylic acids is 1. The highest BCUT2D eigenvalue weighted by molar-refractivity contribution is 7.13. The topological polar surface area (TPSA) is 42.4 Å². The van der Waals surface area contributed by atoms with Gasteiger partial charge in [0.2, 0.25) is 0 Å². The first-order chi connectivity index (χ1) is 11.1. The molecule has 4 nitrogen and oxygen atoms in total. The zero-order chi connectivity index (χ0) is 16.4. The summed E-state index contributed by atoms with van der Waals surface area (Å²) < 4.78 is 5.34. The smallest absolute Gasteiger partial charge is 0.266 e. The molecule has 0 saturated carbocycles. The van der Waals surface area contributed by atoms with Crippen molar-refractivity contribution in [2.24, 2.45) is 0 Å². The number of rotatable bonds is 3. The fraction of sp³-hybridized carbons (Fsp3) is 0.444. The molecule has 3 rings (SSSR count). The maximum atomic E-state index is 13.0. The number of ether oxygens (including phenoxy) is 1. The van der Waals surface area contributed by atoms with Crippen molar-refractivity contribution in [3.8, 4) is 5.75 Å². The van der Waals surface area contributed by atoms with Crippen LogP contribution in [0, 0.1) is 13.8 Å². The Labute approximate surface area is 141 Å². The van der Waals surface area contributed by atoms with E-state index in [0.29, 0.717) is 0 Å². The van der Waals surface area contributed by atoms with Crippen LogP contribution in [0.15, 0.2) is 24.3 Å². The molecule has 2 aromatic rings. The van der Waals surface area contributed by atoms with Crippen molar-refractivity contribution >= 4 is 17.2 Å². The molecule has 1 aromatic heterocycles. The Morgan fingerprint density at radius 3 is 2.87 bits per heavy atom. The highest BCUT2D eigenvalue weighted by atomic mass is 32.1. The Morgan fingerprint density at radius 1 is 1.35 bits per heavy atom. The summed E-state index contributed by atoms with van der Waals surface area (Å²) in [5, 5.41) is 0.945. The molecule has 2 heterocycles. The van der Waals surface area contributed by atoms with E-state index in [1.165, 1.54) is 11.3 Å². The summed E-state index contributed by atoms with van der Waals surface area (Å²) in [6, 6.07) is 8.18. The minimum Gasteiger partial charge on any atom is -0.497 e. The number of nitrogens with zero attached hydrogens (tertiary/aromatic N) is 2. The number of amides is 1. The van der Waals surface area contributed by atoms with E-state index in [2.05, 4.69) is 11.1 Å². The summed E-state index contributed by atoms with van der Waals surface area (Å²) in [5.41, 5.74) is 1.99. The first kappa shape index (κ1) is 16.0. The molecule has 0 N–H and O–H groups in total. The van der Waals surface area contributed by atoms with Gasteiger partial charge in [-0.05, 0) is 50.8 Å². The predicted octanol–water partition coefficient (Wildman–Crippen LogP) is 4.14. The third kappa shape index (κ3) is 3.24. The molecule has 5 heteroatoms. The highest BCUT2D eigenvalue weighted by Gasteiger charge is 2.30. The molecule has 0 bridgehead atoms. The van der Waals surface area contributed by atoms with Crippen LogP contribution >= 0.6 is 11.3 Å². The summed E-state index contributed by atoms with van der Waals surface area (Å²) in [7, 11) is 1.67. The Balaban J connectivity index is 1.92. The van der Waals surface area contributed by atoms with Gasteiger partial charge in [0, 0.05) is 6.54 Å². The van der Waals surface area contributed by atoms with Gasteiger partial charge in [-0.15, -0.1) is 11.3 Å². The minimum atomic E-state index is 0.112. The van der Waals surface area contributed by atoms with E-state index >= 15 is 0 Å². The van der Waals surface area contributed by atoms with Crippen molar-refractivity contribution < 1.29 is 9.53 Å². The zero-order valence-electron chi connectivity index (χ0n) is 13.8. The quantitative estimate of drug-likeness (QED) is 0.849. The number of carbonyl (C=O) groups is 1. The second kappa shape index (κ2) is 6.71. The molecule has 1 amide bonds. The summed E-state index contributed by atoms with van der Waals surface area (Å²) in [4.78, 5) is 20.2. The Hall–Kier alpha value is -1.88. The zero-order valence-corrected chi connectivity index (χ0v) is 14.7. The SMILES string of the molecule is COc1cccc(C2CCCCN2C(=O)c2sc(C)nc2C)c1. The average Bonchev–Trinajstić information content (AvgIpc) is 2.92. The van der Waals surface area contributed by atoms with Gasteiger partial charge in [-0.2, -0.15) is 0 Å². The van der Waals surface area contributed by atoms with Crippen LogP contribution in [0.2, 0.25) is 0 Å². The fourth-order valence-corrected chi connectivity index (χ4v) is 4.11. The van der Waals surface area contributed by atoms with Crippen LogP contribution in [-0.4, -0.2) is 29.4 Å². The first-order valence-electron chi connectivity index (χ1n) is 7.99. The van der Waals surface area contributed by atoms with Crippen molar-refractivity contribution in [2.45, 2.75) is 39.2 Å². The van der Waals surface area contributed by atoms with E-state index in [1.54, 1.807) is 7.11 Å². The Morgan fingerprint density at radius 2 is 2.17 bits per heavy atom. The summed E-state index contributed by atoms with van der Waals surface area (Å²) in [5.74, 6) is 0.950. The van der Waals surface area contributed by atoms with Crippen LogP contribution in [0.5, 0.6) is 5.75 Å². The van der Waals surface area contributed by atoms with Gasteiger partial charge in [-0.1, -0.05) is 12.1 Å². The number of thiazole rings is 1. The van der Waals surface area contributed by atoms with Gasteiger partial charge in [-0.25, -0.2) is 4.98 Å². The molecule has 1 unspecified atom stereocenters. The maximum absolute atomic E-state index is 13.0. The van der Waals surface area contributed by atoms with E-state index < -0.39 is 0 Å². The number of hydrogen-bond donors (Lipinski definition) is 0. The normalized spacial score (nSPS) is 18.0. The van der Waals surface area contributed by atoms with Crippen molar-refractivity contribution in [3.05, 3.63) is 45.4 Å². The summed E-state index contributed by atoms with van der Waals surface area (Å²) >= 11 is 1.49. The standard InChI is InChI=1S/C18H22N2O2S/c1-12-17(23-13(2)19-12)18(21)20-10-5-4-9-16(20)14-7-6-8-15(11-14)22-3/h6-8,11,16H,4-5,9-10H2,1-3H3. The van der Waals surface area contributed by atoms with Gasteiger partial charge in [0.25, 0.3) is 5.91 Å². The third-order valence-electron chi connectivity index (χ3n) is 4.34. The number of aromatic nitrogens is 1. The number of benzene rings is 1. The lowest BCUT2D eigenvalue weighted by Crippen LogP contribution is -2.38. The van der Waals surface area contributed by atoms with E-state index in [4.69, 9.17) is 4.74 Å². The number of aryl methyl sites for hydroxylation is 2. The van der Waals surface area contributed by atoms with Gasteiger partial charge >= 0.3 is 0 Å². The second-order valence-corrected chi connectivity index (χ2v) is 7.14. The van der Waals surface area contributed by atoms with Crippen LogP contribution < -0.4 is 4.74 Å². The average molecular weight is 330 g/mol. The third-order valence-corrected chi connectivity index (χ3v) is 5.40. The van der Waals surface area contributed by atoms with Crippen LogP contribution in [0.3, 0.4) is 0 Å². The molecule has 1 atom stereocenters. The van der Waals surface area contributed by atoms with Crippen LogP contribution in [0.1, 0.15) is 51.2 Å². The fourth-order valence-electron chi connectivity index (χ4n) is 3.23. The van der Waals surface area contributed by atoms with Gasteiger partial charge in [0.15, 0.2) is 0 Å². The van der Waals surface area contributed by atoms with Crippen molar-refractivity contribution in [1.82, 2.24) is 9.88 Å². The highest BCUT2D eigenvalue weighted by Crippen LogP contribution is 2.34. The molecule has 23 heavy (non-hydrogen) atoms. The molecule has 0 aliphatic carbocycles. The monoisotopic (exact) mass is 330 g/mol. The molecule has 0 radical (unpaired) electrons. The molecular formula is C18H22N2O2S. The molecule has 122 valence electrons. The molecule has 0 spiro atoms. The van der Waals surface area contributed by atoms with Crippen LogP contribution in [-0.2, 0) is 0 Å². The lowest BCUT2D eigenvalue weighted by molar-refractivity contribution is 0.0615. The Bertz CT molecular complexity index is 711.